The highest BCUT2D eigenvalue weighted by atomic mass is 32.2. The first-order valence-electron chi connectivity index (χ1n) is 13.3. The van der Waals surface area contributed by atoms with E-state index in [4.69, 9.17) is 4.74 Å². The first kappa shape index (κ1) is 29.8. The van der Waals surface area contributed by atoms with Crippen molar-refractivity contribution in [2.75, 3.05) is 31.8 Å². The number of fused-ring (bicyclic) bond motifs is 1. The van der Waals surface area contributed by atoms with Gasteiger partial charge in [-0.3, -0.25) is 9.36 Å². The van der Waals surface area contributed by atoms with Gasteiger partial charge in [0.2, 0.25) is 0 Å². The van der Waals surface area contributed by atoms with Crippen LogP contribution in [0.3, 0.4) is 0 Å². The molecular formula is C29H40FN4O3PS. The Morgan fingerprint density at radius 2 is 1.97 bits per heavy atom. The molecule has 4 rings (SSSR count). The molecule has 0 saturated carbocycles. The van der Waals surface area contributed by atoms with Gasteiger partial charge in [-0.2, -0.15) is 0 Å². The molecule has 1 aliphatic rings. The summed E-state index contributed by atoms with van der Waals surface area (Å²) < 4.78 is 38.6. The van der Waals surface area contributed by atoms with Gasteiger partial charge in [0.15, 0.2) is 0 Å². The molecule has 7 nitrogen and oxygen atoms in total. The van der Waals surface area contributed by atoms with E-state index >= 15 is 0 Å². The van der Waals surface area contributed by atoms with Crippen LogP contribution in [-0.4, -0.2) is 50.5 Å². The van der Waals surface area contributed by atoms with E-state index in [-0.39, 0.29) is 11.0 Å². The fourth-order valence-electron chi connectivity index (χ4n) is 5.78. The van der Waals surface area contributed by atoms with Crippen LogP contribution in [-0.2, 0) is 38.8 Å². The molecule has 0 bridgehead atoms. The lowest BCUT2D eigenvalue weighted by atomic mass is 9.76. The van der Waals surface area contributed by atoms with Gasteiger partial charge in [0, 0.05) is 46.3 Å². The summed E-state index contributed by atoms with van der Waals surface area (Å²) in [5.41, 5.74) is 3.93. The first-order chi connectivity index (χ1) is 18.3. The molecule has 0 aliphatic carbocycles. The maximum atomic E-state index is 14.2. The van der Waals surface area contributed by atoms with E-state index in [1.54, 1.807) is 18.7 Å². The molecule has 1 fully saturated rings. The molecule has 3 heterocycles. The Bertz CT molecular complexity index is 1550. The molecule has 0 spiro atoms. The number of methoxy groups -OCH3 is 1. The smallest absolute Gasteiger partial charge is 0.255 e. The minimum absolute atomic E-state index is 0.0865. The Hall–Kier alpha value is -2.22. The summed E-state index contributed by atoms with van der Waals surface area (Å²) in [5, 5.41) is 0.836. The van der Waals surface area contributed by atoms with Crippen LogP contribution in [0.5, 0.6) is 0 Å². The van der Waals surface area contributed by atoms with Crippen molar-refractivity contribution in [3.05, 3.63) is 68.9 Å². The molecule has 2 unspecified atom stereocenters. The molecule has 0 N–H and O–H groups in total. The van der Waals surface area contributed by atoms with Crippen molar-refractivity contribution < 1.29 is 13.3 Å². The van der Waals surface area contributed by atoms with Gasteiger partial charge < -0.3 is 4.74 Å². The monoisotopic (exact) mass is 574 g/mol. The lowest BCUT2D eigenvalue weighted by molar-refractivity contribution is 0.208. The standard InChI is InChI=1S/C29H40FN4O3PS/c1-19-20(25(30)38)8-7-9-22(19)28(2,3)17-24-21-16-23(27(35)34(5)26(21)32-18-31-24)29(4)10-14-39(36,15-11-29)33-12-13-37-6/h7-9,16,18,25H,10-15,17,38H2,1-6H3. The summed E-state index contributed by atoms with van der Waals surface area (Å²) in [4.78, 5) is 22.7. The van der Waals surface area contributed by atoms with E-state index in [0.29, 0.717) is 60.7 Å². The van der Waals surface area contributed by atoms with E-state index in [1.165, 1.54) is 6.33 Å². The molecule has 39 heavy (non-hydrogen) atoms. The van der Waals surface area contributed by atoms with Crippen LogP contribution < -0.4 is 5.56 Å². The first-order valence-corrected chi connectivity index (χ1v) is 15.8. The highest BCUT2D eigenvalue weighted by Gasteiger charge is 2.37. The summed E-state index contributed by atoms with van der Waals surface area (Å²) in [6, 6.07) is 7.73. The van der Waals surface area contributed by atoms with Crippen LogP contribution >= 0.6 is 9.24 Å². The molecule has 10 heteroatoms. The number of hydrogen-bond acceptors (Lipinski definition) is 6. The SMILES string of the molecule is COCCN=S1(=O)CCC(C)(c2cc3c(CC(C)(C)c4cccc(C(F)P)c4C)ncnc3n(C)c2=O)CC1. The van der Waals surface area contributed by atoms with Crippen LogP contribution in [0.1, 0.15) is 67.5 Å². The van der Waals surface area contributed by atoms with Crippen molar-refractivity contribution in [2.45, 2.75) is 63.7 Å². The summed E-state index contributed by atoms with van der Waals surface area (Å²) in [6.07, 6.45) is 3.33. The number of benzene rings is 1. The third-order valence-electron chi connectivity index (χ3n) is 8.32. The van der Waals surface area contributed by atoms with Crippen molar-refractivity contribution in [1.82, 2.24) is 14.5 Å². The van der Waals surface area contributed by atoms with Crippen LogP contribution in [0.2, 0.25) is 0 Å². The van der Waals surface area contributed by atoms with Crippen molar-refractivity contribution in [1.29, 1.82) is 0 Å². The maximum Gasteiger partial charge on any atom is 0.255 e. The third-order valence-corrected chi connectivity index (χ3v) is 11.0. The number of aromatic nitrogens is 3. The van der Waals surface area contributed by atoms with Gasteiger partial charge >= 0.3 is 0 Å². The van der Waals surface area contributed by atoms with Crippen molar-refractivity contribution in [2.24, 2.45) is 11.4 Å². The number of halogens is 1. The number of pyridine rings is 1. The average Bonchev–Trinajstić information content (AvgIpc) is 2.88. The molecule has 2 aromatic heterocycles. The van der Waals surface area contributed by atoms with Crippen LogP contribution in [0.25, 0.3) is 11.0 Å². The molecule has 3 aromatic rings. The lowest BCUT2D eigenvalue weighted by Gasteiger charge is -2.35. The zero-order chi connectivity index (χ0) is 28.6. The fourth-order valence-corrected chi connectivity index (χ4v) is 8.55. The summed E-state index contributed by atoms with van der Waals surface area (Å²) >= 11 is 0. The largest absolute Gasteiger partial charge is 0.383 e. The number of alkyl halides is 1. The summed E-state index contributed by atoms with van der Waals surface area (Å²) in [6.45, 7) is 9.20. The lowest BCUT2D eigenvalue weighted by Crippen LogP contribution is -2.40. The van der Waals surface area contributed by atoms with E-state index in [1.807, 2.05) is 25.1 Å². The van der Waals surface area contributed by atoms with E-state index in [2.05, 4.69) is 50.4 Å². The quantitative estimate of drug-likeness (QED) is 0.274. The normalized spacial score (nSPS) is 22.7. The van der Waals surface area contributed by atoms with Crippen molar-refractivity contribution in [3.63, 3.8) is 0 Å². The van der Waals surface area contributed by atoms with Crippen LogP contribution in [0, 0.1) is 6.92 Å². The van der Waals surface area contributed by atoms with Gasteiger partial charge in [-0.05, 0) is 59.8 Å². The highest BCUT2D eigenvalue weighted by molar-refractivity contribution is 7.93. The Balaban J connectivity index is 1.75. The minimum Gasteiger partial charge on any atom is -0.383 e. The predicted molar refractivity (Wildman–Crippen MR) is 160 cm³/mol. The molecule has 1 aliphatic heterocycles. The van der Waals surface area contributed by atoms with Crippen LogP contribution in [0.4, 0.5) is 4.39 Å². The number of aryl methyl sites for hydroxylation is 1. The molecule has 0 amide bonds. The van der Waals surface area contributed by atoms with E-state index in [0.717, 1.165) is 22.2 Å². The maximum absolute atomic E-state index is 14.2. The number of ether oxygens (including phenoxy) is 1. The van der Waals surface area contributed by atoms with E-state index < -0.39 is 21.1 Å². The van der Waals surface area contributed by atoms with Gasteiger partial charge in [-0.25, -0.2) is 22.9 Å². The highest BCUT2D eigenvalue weighted by Crippen LogP contribution is 2.38. The molecule has 2 atom stereocenters. The second kappa shape index (κ2) is 11.3. The average molecular weight is 575 g/mol. The van der Waals surface area contributed by atoms with Gasteiger partial charge in [0.05, 0.1) is 18.8 Å². The van der Waals surface area contributed by atoms with Gasteiger partial charge in [0.25, 0.3) is 5.56 Å². The zero-order valence-corrected chi connectivity index (χ0v) is 25.8. The molecule has 212 valence electrons. The number of rotatable bonds is 8. The molecular weight excluding hydrogens is 534 g/mol. The summed E-state index contributed by atoms with van der Waals surface area (Å²) in [7, 11) is 3.29. The zero-order valence-electron chi connectivity index (χ0n) is 23.8. The Morgan fingerprint density at radius 3 is 2.62 bits per heavy atom. The van der Waals surface area contributed by atoms with Gasteiger partial charge in [0.1, 0.15) is 17.9 Å². The van der Waals surface area contributed by atoms with Crippen LogP contribution in [0.15, 0.2) is 39.8 Å². The topological polar surface area (TPSA) is 86.4 Å². The fraction of sp³-hybridized carbons (Fsp3) is 0.552. The Kier molecular flexibility index (Phi) is 8.65. The molecule has 1 saturated heterocycles. The summed E-state index contributed by atoms with van der Waals surface area (Å²) in [5.74, 6) is -0.211. The van der Waals surface area contributed by atoms with Crippen molar-refractivity contribution >= 4 is 30.0 Å². The molecule has 0 radical (unpaired) electrons. The molecule has 1 aromatic carbocycles. The number of nitrogens with zero attached hydrogens (tertiary/aromatic N) is 4. The van der Waals surface area contributed by atoms with Gasteiger partial charge in [-0.1, -0.05) is 48.2 Å². The second-order valence-corrected chi connectivity index (χ2v) is 14.8. The Morgan fingerprint density at radius 1 is 1.28 bits per heavy atom. The minimum atomic E-state index is -2.30. The predicted octanol–water partition coefficient (Wildman–Crippen LogP) is 5.17. The number of hydrogen-bond donors (Lipinski definition) is 0. The Labute approximate surface area is 233 Å². The second-order valence-electron chi connectivity index (χ2n) is 11.5. The van der Waals surface area contributed by atoms with Crippen molar-refractivity contribution in [3.8, 4) is 0 Å². The van der Waals surface area contributed by atoms with E-state index in [9.17, 15) is 13.4 Å². The van der Waals surface area contributed by atoms with Gasteiger partial charge in [-0.15, -0.1) is 0 Å². The third kappa shape index (κ3) is 5.96.